The van der Waals surface area contributed by atoms with Crippen LogP contribution >= 0.6 is 0 Å². The highest BCUT2D eigenvalue weighted by molar-refractivity contribution is 5.81. The smallest absolute Gasteiger partial charge is 0.239 e. The molecule has 1 saturated heterocycles. The first-order valence-electron chi connectivity index (χ1n) is 4.69. The number of nitrogens with two attached hydrogens (primary N) is 1. The van der Waals surface area contributed by atoms with Crippen LogP contribution in [-0.2, 0) is 4.79 Å². The average Bonchev–Trinajstić information content (AvgIpc) is 2.49. The molecule has 1 aliphatic heterocycles. The standard InChI is InChI=1S/C9H18N2O/c1-3-8(10)9(12)11-5-4-7(2)6-11/h7-8H,3-6,10H2,1-2H3. The van der Waals surface area contributed by atoms with Gasteiger partial charge in [-0.05, 0) is 18.8 Å². The Labute approximate surface area is 73.9 Å². The molecule has 1 rings (SSSR count). The van der Waals surface area contributed by atoms with Gasteiger partial charge in [0.2, 0.25) is 5.91 Å². The van der Waals surface area contributed by atoms with Gasteiger partial charge in [-0.3, -0.25) is 4.79 Å². The summed E-state index contributed by atoms with van der Waals surface area (Å²) in [5, 5.41) is 0. The summed E-state index contributed by atoms with van der Waals surface area (Å²) in [5.74, 6) is 0.778. The highest BCUT2D eigenvalue weighted by atomic mass is 16.2. The van der Waals surface area contributed by atoms with Crippen molar-refractivity contribution in [2.75, 3.05) is 13.1 Å². The predicted molar refractivity (Wildman–Crippen MR) is 48.6 cm³/mol. The average molecular weight is 170 g/mol. The van der Waals surface area contributed by atoms with Crippen molar-refractivity contribution in [3.8, 4) is 0 Å². The van der Waals surface area contributed by atoms with E-state index in [1.54, 1.807) is 0 Å². The molecule has 0 saturated carbocycles. The molecule has 1 heterocycles. The minimum atomic E-state index is -0.282. The van der Waals surface area contributed by atoms with Crippen molar-refractivity contribution in [1.29, 1.82) is 0 Å². The number of likely N-dealkylation sites (tertiary alicyclic amines) is 1. The van der Waals surface area contributed by atoms with Gasteiger partial charge in [0.1, 0.15) is 0 Å². The lowest BCUT2D eigenvalue weighted by Gasteiger charge is -2.19. The highest BCUT2D eigenvalue weighted by Crippen LogP contribution is 2.15. The summed E-state index contributed by atoms with van der Waals surface area (Å²) in [6.07, 6.45) is 1.87. The van der Waals surface area contributed by atoms with E-state index in [0.717, 1.165) is 25.9 Å². The third-order valence-electron chi connectivity index (χ3n) is 2.49. The zero-order valence-corrected chi connectivity index (χ0v) is 7.92. The topological polar surface area (TPSA) is 46.3 Å². The molecule has 0 aliphatic carbocycles. The second-order valence-corrected chi connectivity index (χ2v) is 3.69. The van der Waals surface area contributed by atoms with Crippen LogP contribution in [0, 0.1) is 5.92 Å². The van der Waals surface area contributed by atoms with Gasteiger partial charge in [-0.2, -0.15) is 0 Å². The van der Waals surface area contributed by atoms with Gasteiger partial charge >= 0.3 is 0 Å². The predicted octanol–water partition coefficient (Wildman–Crippen LogP) is 0.592. The van der Waals surface area contributed by atoms with Crippen LogP contribution in [0.5, 0.6) is 0 Å². The molecule has 2 N–H and O–H groups in total. The van der Waals surface area contributed by atoms with E-state index in [4.69, 9.17) is 5.73 Å². The van der Waals surface area contributed by atoms with Gasteiger partial charge in [-0.15, -0.1) is 0 Å². The zero-order chi connectivity index (χ0) is 9.14. The monoisotopic (exact) mass is 170 g/mol. The van der Waals surface area contributed by atoms with Crippen molar-refractivity contribution in [2.24, 2.45) is 11.7 Å². The maximum atomic E-state index is 11.5. The zero-order valence-electron chi connectivity index (χ0n) is 7.92. The Morgan fingerprint density at radius 3 is 2.83 bits per heavy atom. The van der Waals surface area contributed by atoms with Crippen molar-refractivity contribution in [2.45, 2.75) is 32.7 Å². The number of amides is 1. The summed E-state index contributed by atoms with van der Waals surface area (Å²) >= 11 is 0. The van der Waals surface area contributed by atoms with E-state index in [2.05, 4.69) is 6.92 Å². The van der Waals surface area contributed by atoms with E-state index in [1.807, 2.05) is 11.8 Å². The summed E-state index contributed by atoms with van der Waals surface area (Å²) in [5.41, 5.74) is 5.65. The fraction of sp³-hybridized carbons (Fsp3) is 0.889. The van der Waals surface area contributed by atoms with Gasteiger partial charge in [-0.1, -0.05) is 13.8 Å². The van der Waals surface area contributed by atoms with Gasteiger partial charge in [0.15, 0.2) is 0 Å². The van der Waals surface area contributed by atoms with Crippen molar-refractivity contribution in [3.05, 3.63) is 0 Å². The Balaban J connectivity index is 2.43. The second kappa shape index (κ2) is 3.90. The van der Waals surface area contributed by atoms with Crippen molar-refractivity contribution in [3.63, 3.8) is 0 Å². The fourth-order valence-electron chi connectivity index (χ4n) is 1.54. The van der Waals surface area contributed by atoms with Gasteiger partial charge in [0.05, 0.1) is 6.04 Å². The van der Waals surface area contributed by atoms with E-state index in [-0.39, 0.29) is 11.9 Å². The van der Waals surface area contributed by atoms with Crippen LogP contribution in [-0.4, -0.2) is 29.9 Å². The number of nitrogens with zero attached hydrogens (tertiary/aromatic N) is 1. The fourth-order valence-corrected chi connectivity index (χ4v) is 1.54. The molecule has 70 valence electrons. The summed E-state index contributed by atoms with van der Waals surface area (Å²) in [7, 11) is 0. The quantitative estimate of drug-likeness (QED) is 0.659. The Morgan fingerprint density at radius 2 is 2.42 bits per heavy atom. The Kier molecular flexibility index (Phi) is 3.09. The lowest BCUT2D eigenvalue weighted by molar-refractivity contribution is -0.131. The molecule has 2 unspecified atom stereocenters. The van der Waals surface area contributed by atoms with E-state index in [1.165, 1.54) is 0 Å². The number of carbonyl (C=O) groups is 1. The van der Waals surface area contributed by atoms with Crippen LogP contribution in [0.4, 0.5) is 0 Å². The molecule has 1 aliphatic rings. The number of rotatable bonds is 2. The number of hydrogen-bond donors (Lipinski definition) is 1. The molecule has 0 bridgehead atoms. The summed E-state index contributed by atoms with van der Waals surface area (Å²) in [6, 6.07) is -0.282. The Hall–Kier alpha value is -0.570. The SMILES string of the molecule is CCC(N)C(=O)N1CCC(C)C1. The van der Waals surface area contributed by atoms with Crippen LogP contribution in [0.1, 0.15) is 26.7 Å². The second-order valence-electron chi connectivity index (χ2n) is 3.69. The van der Waals surface area contributed by atoms with Crippen LogP contribution in [0.3, 0.4) is 0 Å². The van der Waals surface area contributed by atoms with E-state index in [0.29, 0.717) is 5.92 Å². The number of hydrogen-bond acceptors (Lipinski definition) is 2. The van der Waals surface area contributed by atoms with Gasteiger partial charge in [0, 0.05) is 13.1 Å². The van der Waals surface area contributed by atoms with Gasteiger partial charge in [-0.25, -0.2) is 0 Å². The van der Waals surface area contributed by atoms with Crippen molar-refractivity contribution >= 4 is 5.91 Å². The molecule has 3 heteroatoms. The molecule has 1 amide bonds. The molecule has 0 aromatic carbocycles. The molecule has 0 radical (unpaired) electrons. The van der Waals surface area contributed by atoms with Crippen LogP contribution in [0.2, 0.25) is 0 Å². The van der Waals surface area contributed by atoms with E-state index in [9.17, 15) is 4.79 Å². The van der Waals surface area contributed by atoms with Crippen LogP contribution in [0.25, 0.3) is 0 Å². The van der Waals surface area contributed by atoms with Crippen molar-refractivity contribution in [1.82, 2.24) is 4.90 Å². The van der Waals surface area contributed by atoms with Gasteiger partial charge in [0.25, 0.3) is 0 Å². The summed E-state index contributed by atoms with van der Waals surface area (Å²) in [6.45, 7) is 5.91. The molecular formula is C9H18N2O. The molecular weight excluding hydrogens is 152 g/mol. The Bertz CT molecular complexity index is 170. The Morgan fingerprint density at radius 1 is 1.75 bits per heavy atom. The minimum absolute atomic E-state index is 0.127. The van der Waals surface area contributed by atoms with Crippen LogP contribution in [0.15, 0.2) is 0 Å². The lowest BCUT2D eigenvalue weighted by atomic mass is 10.2. The third kappa shape index (κ3) is 1.97. The molecule has 12 heavy (non-hydrogen) atoms. The minimum Gasteiger partial charge on any atom is -0.341 e. The molecule has 0 spiro atoms. The van der Waals surface area contributed by atoms with E-state index >= 15 is 0 Å². The molecule has 1 fully saturated rings. The first kappa shape index (κ1) is 9.52. The first-order valence-corrected chi connectivity index (χ1v) is 4.69. The van der Waals surface area contributed by atoms with Crippen LogP contribution < -0.4 is 5.73 Å². The number of carbonyl (C=O) groups excluding carboxylic acids is 1. The first-order chi connectivity index (χ1) is 5.65. The summed E-state index contributed by atoms with van der Waals surface area (Å²) in [4.78, 5) is 13.4. The van der Waals surface area contributed by atoms with E-state index < -0.39 is 0 Å². The molecule has 3 nitrogen and oxygen atoms in total. The normalized spacial score (nSPS) is 25.9. The maximum absolute atomic E-state index is 11.5. The molecule has 0 aromatic rings. The lowest BCUT2D eigenvalue weighted by Crippen LogP contribution is -2.42. The highest BCUT2D eigenvalue weighted by Gasteiger charge is 2.25. The maximum Gasteiger partial charge on any atom is 0.239 e. The largest absolute Gasteiger partial charge is 0.341 e. The van der Waals surface area contributed by atoms with Crippen molar-refractivity contribution < 1.29 is 4.79 Å². The third-order valence-corrected chi connectivity index (χ3v) is 2.49. The molecule has 0 aromatic heterocycles. The molecule has 2 atom stereocenters. The summed E-state index contributed by atoms with van der Waals surface area (Å²) < 4.78 is 0. The van der Waals surface area contributed by atoms with Gasteiger partial charge < -0.3 is 10.6 Å².